The molecule has 2 rings (SSSR count). The van der Waals surface area contributed by atoms with E-state index in [0.717, 1.165) is 25.3 Å². The Bertz CT molecular complexity index is 747. The second kappa shape index (κ2) is 4.66. The molecule has 1 aromatic heterocycles. The van der Waals surface area contributed by atoms with Crippen molar-refractivity contribution in [3.63, 3.8) is 0 Å². The highest BCUT2D eigenvalue weighted by atomic mass is 19.4. The minimum Gasteiger partial charge on any atom is -0.465 e. The van der Waals surface area contributed by atoms with Crippen molar-refractivity contribution in [3.05, 3.63) is 45.2 Å². The van der Waals surface area contributed by atoms with Crippen molar-refractivity contribution in [2.24, 2.45) is 0 Å². The van der Waals surface area contributed by atoms with E-state index >= 15 is 0 Å². The fourth-order valence-corrected chi connectivity index (χ4v) is 1.93. The van der Waals surface area contributed by atoms with Crippen LogP contribution in [0.3, 0.4) is 0 Å². The first-order chi connectivity index (χ1) is 9.25. The molecule has 0 saturated heterocycles. The molecule has 0 bridgehead atoms. The summed E-state index contributed by atoms with van der Waals surface area (Å²) in [6.07, 6.45) is -4.56. The van der Waals surface area contributed by atoms with E-state index in [2.05, 4.69) is 9.72 Å². The number of aryl methyl sites for hydroxylation is 1. The number of aromatic amines is 1. The average Bonchev–Trinajstić information content (AvgIpc) is 2.36. The fraction of sp³-hybridized carbons (Fsp3) is 0.231. The Kier molecular flexibility index (Phi) is 3.29. The van der Waals surface area contributed by atoms with Crippen LogP contribution in [0.1, 0.15) is 21.6 Å². The third-order valence-corrected chi connectivity index (χ3v) is 2.91. The van der Waals surface area contributed by atoms with E-state index in [1.807, 2.05) is 0 Å². The molecule has 0 unspecified atom stereocenters. The van der Waals surface area contributed by atoms with Gasteiger partial charge in [0, 0.05) is 16.6 Å². The number of methoxy groups -OCH3 is 1. The zero-order valence-corrected chi connectivity index (χ0v) is 10.6. The number of carbonyl (C=O) groups excluding carboxylic acids is 1. The SMILES string of the molecule is COC(=O)c1c(C)[nH]c2ccc(C(F)(F)F)cc2c1=O. The molecule has 1 aromatic carbocycles. The zero-order chi connectivity index (χ0) is 15.1. The monoisotopic (exact) mass is 285 g/mol. The molecule has 1 heterocycles. The van der Waals surface area contributed by atoms with Crippen LogP contribution in [0.4, 0.5) is 13.2 Å². The molecule has 0 fully saturated rings. The van der Waals surface area contributed by atoms with Gasteiger partial charge in [-0.25, -0.2) is 4.79 Å². The molecule has 20 heavy (non-hydrogen) atoms. The number of halogens is 3. The van der Waals surface area contributed by atoms with Crippen molar-refractivity contribution < 1.29 is 22.7 Å². The Morgan fingerprint density at radius 1 is 1.30 bits per heavy atom. The quantitative estimate of drug-likeness (QED) is 0.819. The number of hydrogen-bond acceptors (Lipinski definition) is 3. The molecule has 0 aliphatic carbocycles. The van der Waals surface area contributed by atoms with E-state index in [1.54, 1.807) is 0 Å². The van der Waals surface area contributed by atoms with Gasteiger partial charge in [0.25, 0.3) is 0 Å². The van der Waals surface area contributed by atoms with Gasteiger partial charge in [0.1, 0.15) is 5.56 Å². The number of aromatic nitrogens is 1. The summed E-state index contributed by atoms with van der Waals surface area (Å²) in [5.74, 6) is -0.886. The van der Waals surface area contributed by atoms with E-state index in [1.165, 1.54) is 6.92 Å². The fourth-order valence-electron chi connectivity index (χ4n) is 1.93. The molecular formula is C13H10F3NO3. The van der Waals surface area contributed by atoms with Gasteiger partial charge in [-0.3, -0.25) is 4.79 Å². The maximum absolute atomic E-state index is 12.6. The number of rotatable bonds is 1. The molecule has 7 heteroatoms. The standard InChI is InChI=1S/C13H10F3NO3/c1-6-10(12(19)20-2)11(18)8-5-7(13(14,15)16)3-4-9(8)17-6/h3-5H,1-2H3,(H,17,18). The van der Waals surface area contributed by atoms with Crippen molar-refractivity contribution >= 4 is 16.9 Å². The van der Waals surface area contributed by atoms with Crippen molar-refractivity contribution in [1.29, 1.82) is 0 Å². The molecule has 0 spiro atoms. The smallest absolute Gasteiger partial charge is 0.416 e. The van der Waals surface area contributed by atoms with Gasteiger partial charge in [-0.05, 0) is 25.1 Å². The summed E-state index contributed by atoms with van der Waals surface area (Å²) in [5.41, 5.74) is -1.55. The molecule has 0 aliphatic rings. The Labute approximate surface area is 111 Å². The number of nitrogens with one attached hydrogen (secondary N) is 1. The number of H-pyrrole nitrogens is 1. The number of fused-ring (bicyclic) bond motifs is 1. The lowest BCUT2D eigenvalue weighted by molar-refractivity contribution is -0.137. The van der Waals surface area contributed by atoms with Gasteiger partial charge in [0.2, 0.25) is 5.43 Å². The number of benzene rings is 1. The predicted molar refractivity (Wildman–Crippen MR) is 65.6 cm³/mol. The van der Waals surface area contributed by atoms with Crippen LogP contribution >= 0.6 is 0 Å². The maximum atomic E-state index is 12.6. The number of carbonyl (C=O) groups is 1. The maximum Gasteiger partial charge on any atom is 0.416 e. The molecule has 0 aliphatic heterocycles. The lowest BCUT2D eigenvalue weighted by atomic mass is 10.1. The van der Waals surface area contributed by atoms with Gasteiger partial charge in [-0.15, -0.1) is 0 Å². The molecule has 0 saturated carbocycles. The first-order valence-electron chi connectivity index (χ1n) is 5.58. The van der Waals surface area contributed by atoms with Crippen molar-refractivity contribution in [1.82, 2.24) is 4.98 Å². The average molecular weight is 285 g/mol. The Morgan fingerprint density at radius 2 is 1.95 bits per heavy atom. The molecule has 0 atom stereocenters. The minimum absolute atomic E-state index is 0.203. The minimum atomic E-state index is -4.56. The predicted octanol–water partition coefficient (Wildman–Crippen LogP) is 2.64. The normalized spacial score (nSPS) is 11.7. The van der Waals surface area contributed by atoms with E-state index in [0.29, 0.717) is 0 Å². The van der Waals surface area contributed by atoms with Crippen LogP contribution in [0.5, 0.6) is 0 Å². The Balaban J connectivity index is 2.82. The van der Waals surface area contributed by atoms with Gasteiger partial charge in [-0.1, -0.05) is 0 Å². The Morgan fingerprint density at radius 3 is 2.50 bits per heavy atom. The van der Waals surface area contributed by atoms with Crippen LogP contribution in [-0.4, -0.2) is 18.1 Å². The van der Waals surface area contributed by atoms with Gasteiger partial charge in [0.05, 0.1) is 12.7 Å². The lowest BCUT2D eigenvalue weighted by Crippen LogP contribution is -2.20. The van der Waals surface area contributed by atoms with Gasteiger partial charge < -0.3 is 9.72 Å². The number of ether oxygens (including phenoxy) is 1. The highest BCUT2D eigenvalue weighted by Gasteiger charge is 2.31. The van der Waals surface area contributed by atoms with Crippen LogP contribution in [0.25, 0.3) is 10.9 Å². The molecule has 0 amide bonds. The van der Waals surface area contributed by atoms with Crippen LogP contribution in [-0.2, 0) is 10.9 Å². The summed E-state index contributed by atoms with van der Waals surface area (Å²) in [4.78, 5) is 26.4. The van der Waals surface area contributed by atoms with Crippen LogP contribution < -0.4 is 5.43 Å². The third kappa shape index (κ3) is 2.26. The number of pyridine rings is 1. The largest absolute Gasteiger partial charge is 0.465 e. The molecule has 1 N–H and O–H groups in total. The van der Waals surface area contributed by atoms with Crippen LogP contribution in [0, 0.1) is 6.92 Å². The summed E-state index contributed by atoms with van der Waals surface area (Å²) in [6.45, 7) is 1.48. The van der Waals surface area contributed by atoms with Crippen molar-refractivity contribution in [2.45, 2.75) is 13.1 Å². The van der Waals surface area contributed by atoms with Crippen LogP contribution in [0.2, 0.25) is 0 Å². The number of esters is 1. The first kappa shape index (κ1) is 14.1. The van der Waals surface area contributed by atoms with Gasteiger partial charge >= 0.3 is 12.1 Å². The summed E-state index contributed by atoms with van der Waals surface area (Å²) in [7, 11) is 1.09. The van der Waals surface area contributed by atoms with Crippen molar-refractivity contribution in [2.75, 3.05) is 7.11 Å². The van der Waals surface area contributed by atoms with Crippen LogP contribution in [0.15, 0.2) is 23.0 Å². The summed E-state index contributed by atoms with van der Waals surface area (Å²) in [6, 6.07) is 2.75. The second-order valence-electron chi connectivity index (χ2n) is 4.20. The first-order valence-corrected chi connectivity index (χ1v) is 5.58. The lowest BCUT2D eigenvalue weighted by Gasteiger charge is -2.10. The molecule has 106 valence electrons. The zero-order valence-electron chi connectivity index (χ0n) is 10.6. The topological polar surface area (TPSA) is 59.2 Å². The van der Waals surface area contributed by atoms with Gasteiger partial charge in [0.15, 0.2) is 0 Å². The second-order valence-corrected chi connectivity index (χ2v) is 4.20. The van der Waals surface area contributed by atoms with E-state index < -0.39 is 23.1 Å². The molecular weight excluding hydrogens is 275 g/mol. The highest BCUT2D eigenvalue weighted by molar-refractivity contribution is 5.95. The molecule has 0 radical (unpaired) electrons. The number of hydrogen-bond donors (Lipinski definition) is 1. The highest BCUT2D eigenvalue weighted by Crippen LogP contribution is 2.30. The third-order valence-electron chi connectivity index (χ3n) is 2.91. The summed E-state index contributed by atoms with van der Waals surface area (Å²) >= 11 is 0. The number of alkyl halides is 3. The van der Waals surface area contributed by atoms with E-state index in [9.17, 15) is 22.8 Å². The van der Waals surface area contributed by atoms with Gasteiger partial charge in [-0.2, -0.15) is 13.2 Å². The Hall–Kier alpha value is -2.31. The molecule has 4 nitrogen and oxygen atoms in total. The summed E-state index contributed by atoms with van der Waals surface area (Å²) < 4.78 is 42.4. The van der Waals surface area contributed by atoms with Crippen molar-refractivity contribution in [3.8, 4) is 0 Å². The van der Waals surface area contributed by atoms with E-state index in [4.69, 9.17) is 0 Å². The molecule has 2 aromatic rings. The van der Waals surface area contributed by atoms with E-state index in [-0.39, 0.29) is 22.2 Å². The summed E-state index contributed by atoms with van der Waals surface area (Å²) in [5, 5.41) is -0.203.